The van der Waals surface area contributed by atoms with Gasteiger partial charge in [-0.3, -0.25) is 9.59 Å². The Labute approximate surface area is 157 Å². The Morgan fingerprint density at radius 3 is 2.22 bits per heavy atom. The molecule has 0 spiro atoms. The molecule has 136 valence electrons. The fraction of sp³-hybridized carbons (Fsp3) is 0.0952. The van der Waals surface area contributed by atoms with Gasteiger partial charge in [-0.05, 0) is 42.3 Å². The number of benzene rings is 2. The van der Waals surface area contributed by atoms with Gasteiger partial charge in [0.05, 0.1) is 5.71 Å². The SMILES string of the molecule is CC(=NNC(=O)C(=O)NCc1ccccc1)c1ccc(-n2cccc2)cc1. The Kier molecular flexibility index (Phi) is 5.79. The van der Waals surface area contributed by atoms with Crippen molar-refractivity contribution in [3.8, 4) is 5.69 Å². The zero-order valence-electron chi connectivity index (χ0n) is 14.9. The topological polar surface area (TPSA) is 75.5 Å². The second kappa shape index (κ2) is 8.62. The van der Waals surface area contributed by atoms with Crippen molar-refractivity contribution >= 4 is 17.5 Å². The smallest absolute Gasteiger partial charge is 0.329 e. The van der Waals surface area contributed by atoms with E-state index in [1.807, 2.05) is 83.7 Å². The largest absolute Gasteiger partial charge is 0.344 e. The van der Waals surface area contributed by atoms with E-state index in [-0.39, 0.29) is 6.54 Å². The Balaban J connectivity index is 1.54. The van der Waals surface area contributed by atoms with Crippen LogP contribution in [0.3, 0.4) is 0 Å². The first-order valence-electron chi connectivity index (χ1n) is 8.53. The summed E-state index contributed by atoms with van der Waals surface area (Å²) in [6.07, 6.45) is 3.93. The van der Waals surface area contributed by atoms with Crippen LogP contribution in [0.15, 0.2) is 84.2 Å². The van der Waals surface area contributed by atoms with Gasteiger partial charge in [0, 0.05) is 24.6 Å². The highest BCUT2D eigenvalue weighted by atomic mass is 16.2. The van der Waals surface area contributed by atoms with E-state index in [1.165, 1.54) is 0 Å². The van der Waals surface area contributed by atoms with Crippen LogP contribution in [0.25, 0.3) is 5.69 Å². The van der Waals surface area contributed by atoms with Gasteiger partial charge in [0.2, 0.25) is 0 Å². The van der Waals surface area contributed by atoms with E-state index < -0.39 is 11.8 Å². The number of aromatic nitrogens is 1. The first-order chi connectivity index (χ1) is 13.1. The summed E-state index contributed by atoms with van der Waals surface area (Å²) in [6, 6.07) is 21.0. The number of nitrogens with zero attached hydrogens (tertiary/aromatic N) is 2. The molecule has 2 aromatic carbocycles. The molecule has 3 rings (SSSR count). The summed E-state index contributed by atoms with van der Waals surface area (Å²) in [5.41, 5.74) is 5.70. The lowest BCUT2D eigenvalue weighted by atomic mass is 10.1. The summed E-state index contributed by atoms with van der Waals surface area (Å²) in [5, 5.41) is 6.57. The molecule has 0 aliphatic rings. The summed E-state index contributed by atoms with van der Waals surface area (Å²) in [5.74, 6) is -1.52. The molecule has 3 aromatic rings. The molecule has 0 unspecified atom stereocenters. The van der Waals surface area contributed by atoms with Crippen molar-refractivity contribution in [2.24, 2.45) is 5.10 Å². The second-order valence-corrected chi connectivity index (χ2v) is 5.94. The van der Waals surface area contributed by atoms with E-state index in [0.29, 0.717) is 5.71 Å². The van der Waals surface area contributed by atoms with Crippen molar-refractivity contribution in [3.05, 3.63) is 90.3 Å². The number of hydrogen-bond acceptors (Lipinski definition) is 3. The summed E-state index contributed by atoms with van der Waals surface area (Å²) >= 11 is 0. The minimum Gasteiger partial charge on any atom is -0.344 e. The molecule has 1 heterocycles. The molecule has 6 heteroatoms. The first kappa shape index (κ1) is 18.1. The molecule has 0 aliphatic heterocycles. The highest BCUT2D eigenvalue weighted by Crippen LogP contribution is 2.10. The van der Waals surface area contributed by atoms with Gasteiger partial charge in [-0.1, -0.05) is 42.5 Å². The molecule has 0 saturated heterocycles. The number of hydrazone groups is 1. The van der Waals surface area contributed by atoms with Crippen LogP contribution in [0.4, 0.5) is 0 Å². The van der Waals surface area contributed by atoms with Crippen molar-refractivity contribution in [2.45, 2.75) is 13.5 Å². The van der Waals surface area contributed by atoms with Crippen molar-refractivity contribution in [1.29, 1.82) is 0 Å². The van der Waals surface area contributed by atoms with Crippen LogP contribution >= 0.6 is 0 Å². The van der Waals surface area contributed by atoms with Gasteiger partial charge >= 0.3 is 11.8 Å². The predicted octanol–water partition coefficient (Wildman–Crippen LogP) is 2.63. The van der Waals surface area contributed by atoms with Crippen molar-refractivity contribution < 1.29 is 9.59 Å². The van der Waals surface area contributed by atoms with Crippen molar-refractivity contribution in [1.82, 2.24) is 15.3 Å². The first-order valence-corrected chi connectivity index (χ1v) is 8.53. The Bertz CT molecular complexity index is 930. The lowest BCUT2D eigenvalue weighted by Crippen LogP contribution is -2.37. The maximum Gasteiger partial charge on any atom is 0.329 e. The Hall–Kier alpha value is -3.67. The number of rotatable bonds is 5. The maximum atomic E-state index is 11.9. The van der Waals surface area contributed by atoms with Crippen LogP contribution in [0.2, 0.25) is 0 Å². The Morgan fingerprint density at radius 2 is 1.56 bits per heavy atom. The molecule has 6 nitrogen and oxygen atoms in total. The summed E-state index contributed by atoms with van der Waals surface area (Å²) < 4.78 is 2.00. The summed E-state index contributed by atoms with van der Waals surface area (Å²) in [4.78, 5) is 23.7. The normalized spacial score (nSPS) is 11.1. The fourth-order valence-corrected chi connectivity index (χ4v) is 2.49. The Morgan fingerprint density at radius 1 is 0.889 bits per heavy atom. The quantitative estimate of drug-likeness (QED) is 0.417. The number of amides is 2. The molecule has 0 fully saturated rings. The van der Waals surface area contributed by atoms with Gasteiger partial charge in [-0.15, -0.1) is 0 Å². The van der Waals surface area contributed by atoms with Gasteiger partial charge in [0.15, 0.2) is 0 Å². The molecule has 2 N–H and O–H groups in total. The molecule has 0 atom stereocenters. The fourth-order valence-electron chi connectivity index (χ4n) is 2.49. The van der Waals surface area contributed by atoms with Gasteiger partial charge in [0.25, 0.3) is 0 Å². The van der Waals surface area contributed by atoms with Gasteiger partial charge in [-0.2, -0.15) is 5.10 Å². The molecule has 0 aliphatic carbocycles. The van der Waals surface area contributed by atoms with Crippen molar-refractivity contribution in [2.75, 3.05) is 0 Å². The lowest BCUT2D eigenvalue weighted by molar-refractivity contribution is -0.139. The summed E-state index contributed by atoms with van der Waals surface area (Å²) in [6.45, 7) is 2.06. The van der Waals surface area contributed by atoms with Crippen LogP contribution in [-0.2, 0) is 16.1 Å². The maximum absolute atomic E-state index is 11.9. The zero-order valence-corrected chi connectivity index (χ0v) is 14.9. The molecule has 0 radical (unpaired) electrons. The molecule has 0 saturated carbocycles. The minimum absolute atomic E-state index is 0.288. The third kappa shape index (κ3) is 4.92. The third-order valence-corrected chi connectivity index (χ3v) is 4.01. The number of carbonyl (C=O) groups excluding carboxylic acids is 2. The average molecular weight is 360 g/mol. The van der Waals surface area contributed by atoms with Crippen molar-refractivity contribution in [3.63, 3.8) is 0 Å². The predicted molar refractivity (Wildman–Crippen MR) is 104 cm³/mol. The molecular formula is C21H20N4O2. The number of hydrogen-bond donors (Lipinski definition) is 2. The van der Waals surface area contributed by atoms with E-state index in [1.54, 1.807) is 6.92 Å². The van der Waals surface area contributed by atoms with Crippen LogP contribution in [0, 0.1) is 0 Å². The van der Waals surface area contributed by atoms with Crippen LogP contribution in [0.5, 0.6) is 0 Å². The van der Waals surface area contributed by atoms with Crippen LogP contribution in [-0.4, -0.2) is 22.1 Å². The molecule has 2 amide bonds. The average Bonchev–Trinajstić information content (AvgIpc) is 3.25. The third-order valence-electron chi connectivity index (χ3n) is 4.01. The second-order valence-electron chi connectivity index (χ2n) is 5.94. The van der Waals surface area contributed by atoms with E-state index in [9.17, 15) is 9.59 Å². The van der Waals surface area contributed by atoms with E-state index in [0.717, 1.165) is 16.8 Å². The van der Waals surface area contributed by atoms with E-state index in [4.69, 9.17) is 0 Å². The molecular weight excluding hydrogens is 340 g/mol. The van der Waals surface area contributed by atoms with E-state index in [2.05, 4.69) is 15.8 Å². The van der Waals surface area contributed by atoms with E-state index >= 15 is 0 Å². The minimum atomic E-state index is -0.797. The highest BCUT2D eigenvalue weighted by molar-refractivity contribution is 6.35. The van der Waals surface area contributed by atoms with Gasteiger partial charge in [-0.25, -0.2) is 5.43 Å². The number of carbonyl (C=O) groups is 2. The highest BCUT2D eigenvalue weighted by Gasteiger charge is 2.12. The van der Waals surface area contributed by atoms with Gasteiger partial charge < -0.3 is 9.88 Å². The van der Waals surface area contributed by atoms with Crippen LogP contribution < -0.4 is 10.7 Å². The molecule has 1 aromatic heterocycles. The standard InChI is InChI=1S/C21H20N4O2/c1-16(18-9-11-19(12-10-18)25-13-5-6-14-25)23-24-21(27)20(26)22-15-17-7-3-2-4-8-17/h2-14H,15H2,1H3,(H,22,26)(H,24,27). The lowest BCUT2D eigenvalue weighted by Gasteiger charge is -2.06. The zero-order chi connectivity index (χ0) is 19.1. The molecule has 27 heavy (non-hydrogen) atoms. The van der Waals surface area contributed by atoms with Crippen LogP contribution in [0.1, 0.15) is 18.1 Å². The van der Waals surface area contributed by atoms with Gasteiger partial charge in [0.1, 0.15) is 0 Å². The summed E-state index contributed by atoms with van der Waals surface area (Å²) in [7, 11) is 0. The molecule has 0 bridgehead atoms. The monoisotopic (exact) mass is 360 g/mol. The number of nitrogens with one attached hydrogen (secondary N) is 2.